The molecular formula is C18H22ClN3O3S. The van der Waals surface area contributed by atoms with Crippen LogP contribution < -0.4 is 10.6 Å². The van der Waals surface area contributed by atoms with E-state index >= 15 is 0 Å². The molecule has 6 nitrogen and oxygen atoms in total. The van der Waals surface area contributed by atoms with Gasteiger partial charge in [0.25, 0.3) is 0 Å². The molecule has 0 bridgehead atoms. The van der Waals surface area contributed by atoms with Crippen LogP contribution in [0.3, 0.4) is 0 Å². The number of halogens is 1. The van der Waals surface area contributed by atoms with E-state index in [9.17, 15) is 9.59 Å². The van der Waals surface area contributed by atoms with Gasteiger partial charge in [0, 0.05) is 41.9 Å². The number of esters is 1. The molecule has 1 aromatic carbocycles. The average molecular weight is 396 g/mol. The predicted octanol–water partition coefficient (Wildman–Crippen LogP) is 2.56. The van der Waals surface area contributed by atoms with E-state index in [1.165, 1.54) is 0 Å². The second-order valence-corrected chi connectivity index (χ2v) is 7.75. The molecule has 2 heterocycles. The SMILES string of the molecule is CCOC(=O)C1=C(CN2CCSCC2)NC(=O)N[C@H]1c1cccc(Cl)c1. The number of carbonyl (C=O) groups excluding carboxylic acids is 2. The van der Waals surface area contributed by atoms with Gasteiger partial charge in [-0.1, -0.05) is 23.7 Å². The van der Waals surface area contributed by atoms with Crippen molar-refractivity contribution >= 4 is 35.4 Å². The van der Waals surface area contributed by atoms with E-state index in [0.717, 1.165) is 30.2 Å². The Bertz CT molecular complexity index is 719. The number of benzene rings is 1. The van der Waals surface area contributed by atoms with Crippen LogP contribution in [0.5, 0.6) is 0 Å². The van der Waals surface area contributed by atoms with Gasteiger partial charge in [-0.15, -0.1) is 0 Å². The number of hydrogen-bond donors (Lipinski definition) is 2. The molecule has 140 valence electrons. The summed E-state index contributed by atoms with van der Waals surface area (Å²) in [5, 5.41) is 6.19. The summed E-state index contributed by atoms with van der Waals surface area (Å²) in [7, 11) is 0. The number of ether oxygens (including phenoxy) is 1. The number of rotatable bonds is 5. The molecule has 1 fully saturated rings. The van der Waals surface area contributed by atoms with Crippen LogP contribution in [0.2, 0.25) is 5.02 Å². The molecule has 2 aliphatic heterocycles. The summed E-state index contributed by atoms with van der Waals surface area (Å²) in [6.07, 6.45) is 0. The summed E-state index contributed by atoms with van der Waals surface area (Å²) >= 11 is 8.02. The highest BCUT2D eigenvalue weighted by atomic mass is 35.5. The average Bonchev–Trinajstić information content (AvgIpc) is 2.62. The fourth-order valence-corrected chi connectivity index (χ4v) is 4.29. The minimum atomic E-state index is -0.587. The Morgan fingerprint density at radius 1 is 1.38 bits per heavy atom. The van der Waals surface area contributed by atoms with Crippen molar-refractivity contribution in [1.82, 2.24) is 15.5 Å². The van der Waals surface area contributed by atoms with E-state index in [2.05, 4.69) is 15.5 Å². The largest absolute Gasteiger partial charge is 0.463 e. The Morgan fingerprint density at radius 2 is 2.15 bits per heavy atom. The van der Waals surface area contributed by atoms with E-state index in [1.807, 2.05) is 17.8 Å². The molecule has 0 unspecified atom stereocenters. The van der Waals surface area contributed by atoms with Crippen LogP contribution in [0.25, 0.3) is 0 Å². The van der Waals surface area contributed by atoms with E-state index in [0.29, 0.717) is 22.8 Å². The molecule has 1 atom stereocenters. The first kappa shape index (κ1) is 19.1. The quantitative estimate of drug-likeness (QED) is 0.750. The van der Waals surface area contributed by atoms with Crippen molar-refractivity contribution in [3.63, 3.8) is 0 Å². The summed E-state index contributed by atoms with van der Waals surface area (Å²) in [5.41, 5.74) is 1.79. The zero-order valence-corrected chi connectivity index (χ0v) is 16.2. The first-order chi connectivity index (χ1) is 12.6. The molecule has 2 aliphatic rings. The van der Waals surface area contributed by atoms with Crippen LogP contribution in [0.15, 0.2) is 35.5 Å². The lowest BCUT2D eigenvalue weighted by Crippen LogP contribution is -2.49. The minimum absolute atomic E-state index is 0.270. The molecule has 0 aromatic heterocycles. The third-order valence-corrected chi connectivity index (χ3v) is 5.49. The predicted molar refractivity (Wildman–Crippen MR) is 103 cm³/mol. The van der Waals surface area contributed by atoms with Gasteiger partial charge < -0.3 is 15.4 Å². The highest BCUT2D eigenvalue weighted by molar-refractivity contribution is 7.99. The molecule has 26 heavy (non-hydrogen) atoms. The highest BCUT2D eigenvalue weighted by Crippen LogP contribution is 2.29. The van der Waals surface area contributed by atoms with Gasteiger partial charge in [-0.2, -0.15) is 11.8 Å². The van der Waals surface area contributed by atoms with Crippen LogP contribution in [0.4, 0.5) is 4.79 Å². The normalized spacial score (nSPS) is 21.2. The Labute approximate surface area is 162 Å². The number of carbonyl (C=O) groups is 2. The fourth-order valence-electron chi connectivity index (χ4n) is 3.11. The molecule has 1 aromatic rings. The summed E-state index contributed by atoms with van der Waals surface area (Å²) < 4.78 is 5.27. The van der Waals surface area contributed by atoms with Gasteiger partial charge in [-0.05, 0) is 24.6 Å². The van der Waals surface area contributed by atoms with Crippen molar-refractivity contribution in [2.24, 2.45) is 0 Å². The van der Waals surface area contributed by atoms with Gasteiger partial charge in [-0.25, -0.2) is 9.59 Å². The van der Waals surface area contributed by atoms with Crippen LogP contribution >= 0.6 is 23.4 Å². The lowest BCUT2D eigenvalue weighted by molar-refractivity contribution is -0.139. The zero-order chi connectivity index (χ0) is 18.5. The van der Waals surface area contributed by atoms with Gasteiger partial charge in [0.15, 0.2) is 0 Å². The van der Waals surface area contributed by atoms with Gasteiger partial charge in [0.05, 0.1) is 18.2 Å². The smallest absolute Gasteiger partial charge is 0.338 e. The Morgan fingerprint density at radius 3 is 2.85 bits per heavy atom. The molecule has 2 amide bonds. The molecule has 2 N–H and O–H groups in total. The topological polar surface area (TPSA) is 70.7 Å². The van der Waals surface area contributed by atoms with Crippen LogP contribution in [-0.2, 0) is 9.53 Å². The molecular weight excluding hydrogens is 374 g/mol. The summed E-state index contributed by atoms with van der Waals surface area (Å²) in [6.45, 7) is 4.40. The second kappa shape index (κ2) is 8.79. The maximum absolute atomic E-state index is 12.7. The highest BCUT2D eigenvalue weighted by Gasteiger charge is 2.34. The molecule has 0 aliphatic carbocycles. The van der Waals surface area contributed by atoms with Crippen LogP contribution in [0, 0.1) is 0 Å². The maximum atomic E-state index is 12.7. The van der Waals surface area contributed by atoms with E-state index < -0.39 is 12.0 Å². The van der Waals surface area contributed by atoms with Crippen LogP contribution in [-0.4, -0.2) is 54.6 Å². The Balaban J connectivity index is 1.98. The number of thioether (sulfide) groups is 1. The lowest BCUT2D eigenvalue weighted by Gasteiger charge is -2.33. The molecule has 0 saturated carbocycles. The molecule has 0 spiro atoms. The molecule has 3 rings (SSSR count). The monoisotopic (exact) mass is 395 g/mol. The minimum Gasteiger partial charge on any atom is -0.463 e. The number of amides is 2. The Kier molecular flexibility index (Phi) is 6.45. The third-order valence-electron chi connectivity index (χ3n) is 4.32. The molecule has 0 radical (unpaired) electrons. The van der Waals surface area contributed by atoms with Crippen molar-refractivity contribution in [2.45, 2.75) is 13.0 Å². The molecule has 1 saturated heterocycles. The molecule has 8 heteroatoms. The van der Waals surface area contributed by atoms with Crippen molar-refractivity contribution in [1.29, 1.82) is 0 Å². The van der Waals surface area contributed by atoms with E-state index in [4.69, 9.17) is 16.3 Å². The fraction of sp³-hybridized carbons (Fsp3) is 0.444. The van der Waals surface area contributed by atoms with Crippen molar-refractivity contribution in [3.8, 4) is 0 Å². The van der Waals surface area contributed by atoms with Gasteiger partial charge in [0.1, 0.15) is 0 Å². The van der Waals surface area contributed by atoms with Crippen molar-refractivity contribution in [2.75, 3.05) is 37.7 Å². The van der Waals surface area contributed by atoms with Crippen molar-refractivity contribution in [3.05, 3.63) is 46.1 Å². The second-order valence-electron chi connectivity index (χ2n) is 6.09. The number of nitrogens with zero attached hydrogens (tertiary/aromatic N) is 1. The summed E-state index contributed by atoms with van der Waals surface area (Å²) in [5.74, 6) is 1.67. The summed E-state index contributed by atoms with van der Waals surface area (Å²) in [6, 6.07) is 6.24. The van der Waals surface area contributed by atoms with E-state index in [-0.39, 0.29) is 12.6 Å². The van der Waals surface area contributed by atoms with Crippen LogP contribution in [0.1, 0.15) is 18.5 Å². The number of hydrogen-bond acceptors (Lipinski definition) is 5. The van der Waals surface area contributed by atoms with Gasteiger partial charge in [0.2, 0.25) is 0 Å². The van der Waals surface area contributed by atoms with Gasteiger partial charge >= 0.3 is 12.0 Å². The van der Waals surface area contributed by atoms with Crippen molar-refractivity contribution < 1.29 is 14.3 Å². The summed E-state index contributed by atoms with van der Waals surface area (Å²) in [4.78, 5) is 27.2. The lowest BCUT2D eigenvalue weighted by atomic mass is 9.95. The standard InChI is InChI=1S/C18H22ClN3O3S/c1-2-25-17(23)15-14(11-22-6-8-26-9-7-22)20-18(24)21-16(15)12-4-3-5-13(19)10-12/h3-5,10,16H,2,6-9,11H2,1H3,(H2,20,21,24)/t16-/m0/s1. The van der Waals surface area contributed by atoms with Gasteiger partial charge in [-0.3, -0.25) is 4.90 Å². The zero-order valence-electron chi connectivity index (χ0n) is 14.6. The maximum Gasteiger partial charge on any atom is 0.338 e. The first-order valence-corrected chi connectivity index (χ1v) is 10.1. The number of urea groups is 1. The third kappa shape index (κ3) is 4.52. The van der Waals surface area contributed by atoms with E-state index in [1.54, 1.807) is 25.1 Å². The Hall–Kier alpha value is -1.70. The first-order valence-electron chi connectivity index (χ1n) is 8.61. The number of nitrogens with one attached hydrogen (secondary N) is 2.